The largest absolute Gasteiger partial charge is 0.497 e. The Balaban J connectivity index is 1.53. The summed E-state index contributed by atoms with van der Waals surface area (Å²) in [4.78, 5) is 7.22. The van der Waals surface area contributed by atoms with Crippen molar-refractivity contribution in [2.45, 2.75) is 39.4 Å². The van der Waals surface area contributed by atoms with Crippen LogP contribution in [0.2, 0.25) is 0 Å². The van der Waals surface area contributed by atoms with Gasteiger partial charge in [0.1, 0.15) is 5.75 Å². The van der Waals surface area contributed by atoms with Crippen LogP contribution in [0.3, 0.4) is 0 Å². The molecule has 5 nitrogen and oxygen atoms in total. The number of benzene rings is 2. The quantitative estimate of drug-likeness (QED) is 0.543. The second-order valence-corrected chi connectivity index (χ2v) is 7.20. The summed E-state index contributed by atoms with van der Waals surface area (Å²) < 4.78 is 5.28. The molecular weight excluding hydrogens is 348 g/mol. The molecule has 1 heterocycles. The fraction of sp³-hybridized carbons (Fsp3) is 0.435. The molecule has 0 bridgehead atoms. The number of rotatable bonds is 8. The third-order valence-corrected chi connectivity index (χ3v) is 4.99. The smallest absolute Gasteiger partial charge is 0.191 e. The molecule has 1 fully saturated rings. The molecule has 150 valence electrons. The minimum Gasteiger partial charge on any atom is -0.497 e. The second-order valence-electron chi connectivity index (χ2n) is 7.20. The van der Waals surface area contributed by atoms with Crippen molar-refractivity contribution in [3.8, 4) is 5.75 Å². The average molecular weight is 381 g/mol. The summed E-state index contributed by atoms with van der Waals surface area (Å²) in [5, 5.41) is 6.74. The van der Waals surface area contributed by atoms with E-state index in [2.05, 4.69) is 52.8 Å². The zero-order valence-corrected chi connectivity index (χ0v) is 17.1. The summed E-state index contributed by atoms with van der Waals surface area (Å²) in [5.74, 6) is 1.69. The highest BCUT2D eigenvalue weighted by Crippen LogP contribution is 2.14. The van der Waals surface area contributed by atoms with Crippen molar-refractivity contribution in [1.82, 2.24) is 15.5 Å². The first-order chi connectivity index (χ1) is 13.8. The van der Waals surface area contributed by atoms with E-state index in [0.717, 1.165) is 36.9 Å². The fourth-order valence-electron chi connectivity index (χ4n) is 3.43. The van der Waals surface area contributed by atoms with Gasteiger partial charge in [0.15, 0.2) is 5.96 Å². The number of ether oxygens (including phenoxy) is 1. The summed E-state index contributed by atoms with van der Waals surface area (Å²) in [6.07, 6.45) is 2.68. The molecule has 0 aromatic heterocycles. The lowest BCUT2D eigenvalue weighted by Crippen LogP contribution is -2.36. The molecule has 1 aliphatic rings. The highest BCUT2D eigenvalue weighted by molar-refractivity contribution is 5.79. The summed E-state index contributed by atoms with van der Waals surface area (Å²) in [7, 11) is 1.68. The first-order valence-corrected chi connectivity index (χ1v) is 10.2. The summed E-state index contributed by atoms with van der Waals surface area (Å²) in [6.45, 7) is 7.82. The number of nitrogens with zero attached hydrogens (tertiary/aromatic N) is 2. The summed E-state index contributed by atoms with van der Waals surface area (Å²) in [5.41, 5.74) is 3.78. The predicted octanol–water partition coefficient (Wildman–Crippen LogP) is 3.55. The Hall–Kier alpha value is -2.53. The van der Waals surface area contributed by atoms with E-state index in [1.165, 1.54) is 37.1 Å². The molecule has 2 aromatic carbocycles. The minimum absolute atomic E-state index is 0.612. The molecule has 2 N–H and O–H groups in total. The van der Waals surface area contributed by atoms with E-state index in [1.54, 1.807) is 7.11 Å². The first kappa shape index (κ1) is 20.2. The normalized spacial score (nSPS) is 14.9. The van der Waals surface area contributed by atoms with E-state index >= 15 is 0 Å². The molecule has 0 aliphatic carbocycles. The van der Waals surface area contributed by atoms with E-state index in [0.29, 0.717) is 6.54 Å². The highest BCUT2D eigenvalue weighted by Gasteiger charge is 2.11. The van der Waals surface area contributed by atoms with E-state index in [4.69, 9.17) is 9.73 Å². The van der Waals surface area contributed by atoms with Crippen molar-refractivity contribution in [1.29, 1.82) is 0 Å². The number of methoxy groups -OCH3 is 1. The van der Waals surface area contributed by atoms with Crippen molar-refractivity contribution in [2.24, 2.45) is 4.99 Å². The third-order valence-electron chi connectivity index (χ3n) is 4.99. The van der Waals surface area contributed by atoms with Crippen LogP contribution in [-0.4, -0.2) is 37.6 Å². The Kier molecular flexibility index (Phi) is 7.73. The molecule has 28 heavy (non-hydrogen) atoms. The van der Waals surface area contributed by atoms with E-state index in [-0.39, 0.29) is 0 Å². The first-order valence-electron chi connectivity index (χ1n) is 10.2. The Morgan fingerprint density at radius 2 is 1.75 bits per heavy atom. The maximum Gasteiger partial charge on any atom is 0.191 e. The molecule has 0 saturated carbocycles. The highest BCUT2D eigenvalue weighted by atomic mass is 16.5. The van der Waals surface area contributed by atoms with E-state index in [1.807, 2.05) is 18.2 Å². The van der Waals surface area contributed by atoms with E-state index < -0.39 is 0 Å². The average Bonchev–Trinajstić information content (AvgIpc) is 3.24. The Labute approximate surface area is 168 Å². The van der Waals surface area contributed by atoms with Crippen molar-refractivity contribution >= 4 is 5.96 Å². The number of likely N-dealkylation sites (tertiary alicyclic amines) is 1. The van der Waals surface area contributed by atoms with E-state index in [9.17, 15) is 0 Å². The van der Waals surface area contributed by atoms with Crippen molar-refractivity contribution in [3.63, 3.8) is 0 Å². The van der Waals surface area contributed by atoms with Crippen molar-refractivity contribution in [2.75, 3.05) is 26.7 Å². The van der Waals surface area contributed by atoms with Crippen LogP contribution in [0.5, 0.6) is 5.75 Å². The van der Waals surface area contributed by atoms with Gasteiger partial charge in [0, 0.05) is 19.6 Å². The van der Waals surface area contributed by atoms with Gasteiger partial charge in [-0.1, -0.05) is 36.4 Å². The number of aliphatic imine (C=N–C) groups is 1. The van der Waals surface area contributed by atoms with Gasteiger partial charge >= 0.3 is 0 Å². The third kappa shape index (κ3) is 6.27. The lowest BCUT2D eigenvalue weighted by atomic mass is 10.1. The molecular formula is C23H32N4O. The van der Waals surface area contributed by atoms with Gasteiger partial charge in [0.05, 0.1) is 13.7 Å². The lowest BCUT2D eigenvalue weighted by Gasteiger charge is -2.15. The summed E-state index contributed by atoms with van der Waals surface area (Å²) in [6, 6.07) is 16.9. The molecule has 0 atom stereocenters. The van der Waals surface area contributed by atoms with Crippen LogP contribution in [-0.2, 0) is 19.6 Å². The number of hydrogen-bond acceptors (Lipinski definition) is 3. The van der Waals surface area contributed by atoms with Gasteiger partial charge in [-0.2, -0.15) is 0 Å². The molecule has 5 heteroatoms. The summed E-state index contributed by atoms with van der Waals surface area (Å²) >= 11 is 0. The Morgan fingerprint density at radius 1 is 1.00 bits per heavy atom. The molecule has 1 saturated heterocycles. The van der Waals surface area contributed by atoms with Crippen LogP contribution in [0, 0.1) is 0 Å². The predicted molar refractivity (Wildman–Crippen MR) is 116 cm³/mol. The van der Waals surface area contributed by atoms with Crippen molar-refractivity contribution in [3.05, 3.63) is 65.2 Å². The van der Waals surface area contributed by atoms with Gasteiger partial charge in [0.2, 0.25) is 0 Å². The second kappa shape index (κ2) is 10.7. The monoisotopic (exact) mass is 380 g/mol. The zero-order valence-electron chi connectivity index (χ0n) is 17.1. The minimum atomic E-state index is 0.612. The molecule has 0 amide bonds. The SMILES string of the molecule is CCNC(=NCc1cccc(OC)c1)NCc1ccc(CN2CCCC2)cc1. The molecule has 2 aromatic rings. The van der Waals surface area contributed by atoms with Crippen LogP contribution in [0.25, 0.3) is 0 Å². The van der Waals surface area contributed by atoms with Crippen LogP contribution in [0.4, 0.5) is 0 Å². The maximum absolute atomic E-state index is 5.28. The maximum atomic E-state index is 5.28. The van der Waals surface area contributed by atoms with Crippen LogP contribution < -0.4 is 15.4 Å². The molecule has 3 rings (SSSR count). The topological polar surface area (TPSA) is 48.9 Å². The van der Waals surface area contributed by atoms with Gasteiger partial charge in [0.25, 0.3) is 0 Å². The van der Waals surface area contributed by atoms with Crippen LogP contribution >= 0.6 is 0 Å². The van der Waals surface area contributed by atoms with Crippen LogP contribution in [0.1, 0.15) is 36.5 Å². The Bertz CT molecular complexity index is 751. The van der Waals surface area contributed by atoms with Gasteiger partial charge in [-0.3, -0.25) is 4.90 Å². The van der Waals surface area contributed by atoms with Crippen LogP contribution in [0.15, 0.2) is 53.5 Å². The lowest BCUT2D eigenvalue weighted by molar-refractivity contribution is 0.331. The zero-order chi connectivity index (χ0) is 19.6. The standard InChI is InChI=1S/C23H32N4O/c1-3-24-23(26-17-21-7-6-8-22(15-21)28-2)25-16-19-9-11-20(12-10-19)18-27-13-4-5-14-27/h6-12,15H,3-5,13-14,16-18H2,1-2H3,(H2,24,25,26). The molecule has 0 unspecified atom stereocenters. The van der Waals surface area contributed by atoms with Gasteiger partial charge in [-0.25, -0.2) is 4.99 Å². The van der Waals surface area contributed by atoms with Gasteiger partial charge in [-0.15, -0.1) is 0 Å². The molecule has 0 spiro atoms. The number of hydrogen-bond donors (Lipinski definition) is 2. The Morgan fingerprint density at radius 3 is 2.46 bits per heavy atom. The van der Waals surface area contributed by atoms with Crippen molar-refractivity contribution < 1.29 is 4.74 Å². The number of guanidine groups is 1. The van der Waals surface area contributed by atoms with Gasteiger partial charge < -0.3 is 15.4 Å². The molecule has 1 aliphatic heterocycles. The molecule has 0 radical (unpaired) electrons. The fourth-order valence-corrected chi connectivity index (χ4v) is 3.43. The number of nitrogens with one attached hydrogen (secondary N) is 2. The van der Waals surface area contributed by atoms with Gasteiger partial charge in [-0.05, 0) is 61.7 Å².